The minimum absolute atomic E-state index is 0.800. The summed E-state index contributed by atoms with van der Waals surface area (Å²) in [6.07, 6.45) is 12.4. The molecule has 20 heavy (non-hydrogen) atoms. The summed E-state index contributed by atoms with van der Waals surface area (Å²) in [5.41, 5.74) is 3.08. The smallest absolute Gasteiger partial charge is 0.0169 e. The summed E-state index contributed by atoms with van der Waals surface area (Å²) in [5, 5.41) is 0. The molecule has 108 valence electrons. The zero-order valence-corrected chi connectivity index (χ0v) is 12.6. The highest BCUT2D eigenvalue weighted by atomic mass is 15.1. The van der Waals surface area contributed by atoms with Gasteiger partial charge in [-0.1, -0.05) is 55.7 Å². The monoisotopic (exact) mass is 269 g/mol. The molecule has 3 rings (SSSR count). The Bertz CT molecular complexity index is 422. The Morgan fingerprint density at radius 3 is 2.35 bits per heavy atom. The van der Waals surface area contributed by atoms with Gasteiger partial charge >= 0.3 is 0 Å². The molecule has 0 bridgehead atoms. The number of hydrogen-bond donors (Lipinski definition) is 0. The van der Waals surface area contributed by atoms with Crippen molar-refractivity contribution in [3.63, 3.8) is 0 Å². The van der Waals surface area contributed by atoms with Crippen LogP contribution in [-0.4, -0.2) is 24.5 Å². The van der Waals surface area contributed by atoms with Crippen LogP contribution in [0.25, 0.3) is 5.57 Å². The Balaban J connectivity index is 1.76. The van der Waals surface area contributed by atoms with Crippen molar-refractivity contribution in [2.45, 2.75) is 44.9 Å². The second-order valence-corrected chi connectivity index (χ2v) is 6.37. The van der Waals surface area contributed by atoms with Gasteiger partial charge in [-0.25, -0.2) is 0 Å². The minimum Gasteiger partial charge on any atom is -0.300 e. The SMILES string of the molecule is C(CN1CCCC1)=C(c1ccccc1)C1CCCCC1. The molecule has 1 nitrogen and oxygen atoms in total. The van der Waals surface area contributed by atoms with E-state index in [9.17, 15) is 0 Å². The van der Waals surface area contributed by atoms with Gasteiger partial charge in [0.1, 0.15) is 0 Å². The predicted octanol–water partition coefficient (Wildman–Crippen LogP) is 4.75. The average molecular weight is 269 g/mol. The Hall–Kier alpha value is -1.08. The third-order valence-electron chi connectivity index (χ3n) is 4.92. The maximum atomic E-state index is 2.60. The molecule has 0 aromatic heterocycles. The van der Waals surface area contributed by atoms with Crippen LogP contribution in [0.5, 0.6) is 0 Å². The van der Waals surface area contributed by atoms with E-state index in [1.54, 1.807) is 5.57 Å². The van der Waals surface area contributed by atoms with Crippen molar-refractivity contribution >= 4 is 5.57 Å². The number of hydrogen-bond acceptors (Lipinski definition) is 1. The van der Waals surface area contributed by atoms with E-state index in [1.807, 2.05) is 0 Å². The summed E-state index contributed by atoms with van der Waals surface area (Å²) in [6, 6.07) is 11.1. The fourth-order valence-electron chi connectivity index (χ4n) is 3.76. The van der Waals surface area contributed by atoms with Crippen molar-refractivity contribution in [3.05, 3.63) is 42.0 Å². The normalized spacial score (nSPS) is 22.3. The standard InChI is InChI=1S/C19H27N/c1-3-9-17(10-4-1)19(18-11-5-2-6-12-18)13-16-20-14-7-8-15-20/h1,3-4,9-10,13,18H,2,5-8,11-12,14-16H2. The molecule has 1 saturated carbocycles. The molecule has 1 heteroatoms. The molecular formula is C19H27N. The van der Waals surface area contributed by atoms with Gasteiger partial charge in [0.25, 0.3) is 0 Å². The molecule has 1 aliphatic heterocycles. The van der Waals surface area contributed by atoms with Crippen molar-refractivity contribution in [3.8, 4) is 0 Å². The first-order chi connectivity index (χ1) is 9.93. The van der Waals surface area contributed by atoms with E-state index in [0.29, 0.717) is 0 Å². The van der Waals surface area contributed by atoms with Crippen molar-refractivity contribution in [1.82, 2.24) is 4.90 Å². The molecular weight excluding hydrogens is 242 g/mol. The number of likely N-dealkylation sites (tertiary alicyclic amines) is 1. The minimum atomic E-state index is 0.800. The van der Waals surface area contributed by atoms with Gasteiger partial charge < -0.3 is 0 Å². The molecule has 1 heterocycles. The molecule has 0 spiro atoms. The Morgan fingerprint density at radius 1 is 0.950 bits per heavy atom. The summed E-state index contributed by atoms with van der Waals surface area (Å²) in [7, 11) is 0. The van der Waals surface area contributed by atoms with Crippen LogP contribution < -0.4 is 0 Å². The first-order valence-corrected chi connectivity index (χ1v) is 8.41. The van der Waals surface area contributed by atoms with Crippen molar-refractivity contribution < 1.29 is 0 Å². The first-order valence-electron chi connectivity index (χ1n) is 8.41. The quantitative estimate of drug-likeness (QED) is 0.762. The van der Waals surface area contributed by atoms with E-state index in [-0.39, 0.29) is 0 Å². The third-order valence-corrected chi connectivity index (χ3v) is 4.92. The van der Waals surface area contributed by atoms with Crippen LogP contribution in [0.1, 0.15) is 50.5 Å². The summed E-state index contributed by atoms with van der Waals surface area (Å²) < 4.78 is 0. The molecule has 1 aliphatic carbocycles. The third kappa shape index (κ3) is 3.52. The van der Waals surface area contributed by atoms with Gasteiger partial charge in [-0.05, 0) is 55.8 Å². The van der Waals surface area contributed by atoms with E-state index in [4.69, 9.17) is 0 Å². The molecule has 0 unspecified atom stereocenters. The second kappa shape index (κ2) is 7.08. The van der Waals surface area contributed by atoms with Gasteiger partial charge in [0.05, 0.1) is 0 Å². The largest absolute Gasteiger partial charge is 0.300 e. The van der Waals surface area contributed by atoms with Crippen molar-refractivity contribution in [2.75, 3.05) is 19.6 Å². The maximum Gasteiger partial charge on any atom is 0.0169 e. The average Bonchev–Trinajstić information content (AvgIpc) is 3.03. The van der Waals surface area contributed by atoms with E-state index in [0.717, 1.165) is 12.5 Å². The highest BCUT2D eigenvalue weighted by molar-refractivity contribution is 5.67. The molecule has 0 atom stereocenters. The Labute approximate surface area is 123 Å². The van der Waals surface area contributed by atoms with E-state index < -0.39 is 0 Å². The number of benzene rings is 1. The van der Waals surface area contributed by atoms with E-state index >= 15 is 0 Å². The van der Waals surface area contributed by atoms with E-state index in [2.05, 4.69) is 41.3 Å². The van der Waals surface area contributed by atoms with Gasteiger partial charge in [-0.15, -0.1) is 0 Å². The van der Waals surface area contributed by atoms with Gasteiger partial charge in [0.15, 0.2) is 0 Å². The molecule has 1 aromatic rings. The Morgan fingerprint density at radius 2 is 1.65 bits per heavy atom. The summed E-state index contributed by atoms with van der Waals surface area (Å²) in [5.74, 6) is 0.800. The summed E-state index contributed by atoms with van der Waals surface area (Å²) >= 11 is 0. The molecule has 2 fully saturated rings. The lowest BCUT2D eigenvalue weighted by Crippen LogP contribution is -2.20. The van der Waals surface area contributed by atoms with Crippen LogP contribution >= 0.6 is 0 Å². The molecule has 1 saturated heterocycles. The lowest BCUT2D eigenvalue weighted by atomic mass is 9.81. The van der Waals surface area contributed by atoms with Crippen molar-refractivity contribution in [1.29, 1.82) is 0 Å². The highest BCUT2D eigenvalue weighted by Crippen LogP contribution is 2.35. The molecule has 0 amide bonds. The second-order valence-electron chi connectivity index (χ2n) is 6.37. The van der Waals surface area contributed by atoms with Crippen LogP contribution in [0.3, 0.4) is 0 Å². The predicted molar refractivity (Wildman–Crippen MR) is 86.7 cm³/mol. The first kappa shape index (κ1) is 13.9. The van der Waals surface area contributed by atoms with Crippen LogP contribution in [0, 0.1) is 5.92 Å². The van der Waals surface area contributed by atoms with Gasteiger partial charge in [-0.3, -0.25) is 4.90 Å². The lowest BCUT2D eigenvalue weighted by Gasteiger charge is -2.26. The zero-order valence-electron chi connectivity index (χ0n) is 12.6. The fraction of sp³-hybridized carbons (Fsp3) is 0.579. The number of rotatable bonds is 4. The Kier molecular flexibility index (Phi) is 4.91. The fourth-order valence-corrected chi connectivity index (χ4v) is 3.76. The van der Waals surface area contributed by atoms with Gasteiger partial charge in [-0.2, -0.15) is 0 Å². The van der Waals surface area contributed by atoms with Crippen LogP contribution in [-0.2, 0) is 0 Å². The molecule has 0 radical (unpaired) electrons. The summed E-state index contributed by atoms with van der Waals surface area (Å²) in [6.45, 7) is 3.74. The lowest BCUT2D eigenvalue weighted by molar-refractivity contribution is 0.375. The topological polar surface area (TPSA) is 3.24 Å². The van der Waals surface area contributed by atoms with Gasteiger partial charge in [0, 0.05) is 6.54 Å². The summed E-state index contributed by atoms with van der Waals surface area (Å²) in [4.78, 5) is 2.60. The van der Waals surface area contributed by atoms with Crippen LogP contribution in [0.15, 0.2) is 36.4 Å². The molecule has 0 N–H and O–H groups in total. The molecule has 2 aliphatic rings. The highest BCUT2D eigenvalue weighted by Gasteiger charge is 2.19. The van der Waals surface area contributed by atoms with Crippen LogP contribution in [0.2, 0.25) is 0 Å². The molecule has 1 aromatic carbocycles. The van der Waals surface area contributed by atoms with Crippen molar-refractivity contribution in [2.24, 2.45) is 5.92 Å². The number of allylic oxidation sites excluding steroid dienone is 1. The van der Waals surface area contributed by atoms with Crippen LogP contribution in [0.4, 0.5) is 0 Å². The zero-order chi connectivity index (χ0) is 13.6. The maximum absolute atomic E-state index is 2.60. The number of nitrogens with zero attached hydrogens (tertiary/aromatic N) is 1. The van der Waals surface area contributed by atoms with Gasteiger partial charge in [0.2, 0.25) is 0 Å². The van der Waals surface area contributed by atoms with E-state index in [1.165, 1.54) is 63.6 Å².